The highest BCUT2D eigenvalue weighted by molar-refractivity contribution is 6.05. The summed E-state index contributed by atoms with van der Waals surface area (Å²) in [4.78, 5) is 0. The number of benzene rings is 2. The quantitative estimate of drug-likeness (QED) is 0.371. The SMILES string of the molecule is Cc1cc2c3c([n+](C)ccc3c1)-c1c(c(C)c3occc3c1C)O2. The highest BCUT2D eigenvalue weighted by atomic mass is 16.5. The van der Waals surface area contributed by atoms with Crippen LogP contribution in [0.4, 0.5) is 0 Å². The van der Waals surface area contributed by atoms with E-state index in [0.717, 1.165) is 28.0 Å². The normalized spacial score (nSPS) is 12.5. The number of furan rings is 1. The maximum Gasteiger partial charge on any atom is 0.228 e. The lowest BCUT2D eigenvalue weighted by Gasteiger charge is -2.23. The molecule has 0 unspecified atom stereocenters. The Morgan fingerprint density at radius 3 is 2.67 bits per heavy atom. The van der Waals surface area contributed by atoms with Crippen LogP contribution in [-0.4, -0.2) is 0 Å². The number of aromatic nitrogens is 1. The molecule has 118 valence electrons. The van der Waals surface area contributed by atoms with Crippen molar-refractivity contribution in [3.8, 4) is 22.8 Å². The standard InChI is InChI=1S/C21H18NO2/c1-11-9-14-5-7-22(4)19-17-12(2)15-6-8-23-20(15)13(3)21(17)24-16(10-11)18(14)19/h5-10H,1-4H3/q+1. The lowest BCUT2D eigenvalue weighted by Crippen LogP contribution is -2.32. The minimum atomic E-state index is 0.913. The van der Waals surface area contributed by atoms with Crippen LogP contribution in [0.3, 0.4) is 0 Å². The molecule has 0 atom stereocenters. The predicted molar refractivity (Wildman–Crippen MR) is 94.6 cm³/mol. The van der Waals surface area contributed by atoms with Gasteiger partial charge < -0.3 is 9.15 Å². The molecule has 2 aromatic carbocycles. The molecule has 0 bridgehead atoms. The summed E-state index contributed by atoms with van der Waals surface area (Å²) >= 11 is 0. The first-order valence-corrected chi connectivity index (χ1v) is 8.18. The van der Waals surface area contributed by atoms with Gasteiger partial charge in [-0.2, -0.15) is 0 Å². The Morgan fingerprint density at radius 2 is 1.83 bits per heavy atom. The average molecular weight is 316 g/mol. The molecule has 3 heteroatoms. The van der Waals surface area contributed by atoms with Gasteiger partial charge in [-0.05, 0) is 49.4 Å². The zero-order valence-electron chi connectivity index (χ0n) is 14.2. The molecule has 0 N–H and O–H groups in total. The van der Waals surface area contributed by atoms with Crippen molar-refractivity contribution < 1.29 is 13.7 Å². The third-order valence-electron chi connectivity index (χ3n) is 5.15. The van der Waals surface area contributed by atoms with E-state index in [9.17, 15) is 0 Å². The van der Waals surface area contributed by atoms with E-state index in [1.807, 2.05) is 6.07 Å². The summed E-state index contributed by atoms with van der Waals surface area (Å²) in [7, 11) is 2.10. The molecular weight excluding hydrogens is 298 g/mol. The summed E-state index contributed by atoms with van der Waals surface area (Å²) < 4.78 is 14.3. The van der Waals surface area contributed by atoms with Gasteiger partial charge in [-0.1, -0.05) is 6.07 Å². The first-order valence-electron chi connectivity index (χ1n) is 8.18. The van der Waals surface area contributed by atoms with Gasteiger partial charge in [-0.15, -0.1) is 0 Å². The van der Waals surface area contributed by atoms with Gasteiger partial charge in [-0.25, -0.2) is 4.57 Å². The minimum absolute atomic E-state index is 0.913. The second-order valence-corrected chi connectivity index (χ2v) is 6.72. The first-order chi connectivity index (χ1) is 11.6. The molecule has 0 saturated carbocycles. The van der Waals surface area contributed by atoms with Gasteiger partial charge in [0.1, 0.15) is 24.1 Å². The molecule has 0 radical (unpaired) electrons. The van der Waals surface area contributed by atoms with Crippen LogP contribution in [-0.2, 0) is 7.05 Å². The molecule has 3 heterocycles. The Hall–Kier alpha value is -2.81. The maximum atomic E-state index is 6.40. The van der Waals surface area contributed by atoms with Crippen LogP contribution in [0.25, 0.3) is 33.0 Å². The molecule has 3 nitrogen and oxygen atoms in total. The number of aryl methyl sites for hydroxylation is 4. The topological polar surface area (TPSA) is 26.2 Å². The summed E-state index contributed by atoms with van der Waals surface area (Å²) in [6.45, 7) is 6.33. The Balaban J connectivity index is 2.05. The number of ether oxygens (including phenoxy) is 1. The maximum absolute atomic E-state index is 6.40. The molecule has 5 rings (SSSR count). The minimum Gasteiger partial charge on any atom is -0.464 e. The monoisotopic (exact) mass is 316 g/mol. The smallest absolute Gasteiger partial charge is 0.228 e. The fourth-order valence-corrected chi connectivity index (χ4v) is 4.00. The van der Waals surface area contributed by atoms with Crippen LogP contribution in [0.2, 0.25) is 0 Å². The van der Waals surface area contributed by atoms with E-state index >= 15 is 0 Å². The molecule has 24 heavy (non-hydrogen) atoms. The lowest BCUT2D eigenvalue weighted by atomic mass is 9.91. The summed E-state index contributed by atoms with van der Waals surface area (Å²) in [5.74, 6) is 1.84. The van der Waals surface area contributed by atoms with Crippen molar-refractivity contribution in [1.29, 1.82) is 0 Å². The van der Waals surface area contributed by atoms with E-state index in [2.05, 4.69) is 56.8 Å². The average Bonchev–Trinajstić information content (AvgIpc) is 3.05. The Bertz CT molecular complexity index is 1170. The van der Waals surface area contributed by atoms with Crippen molar-refractivity contribution in [3.63, 3.8) is 0 Å². The number of fused-ring (bicyclic) bond motifs is 3. The second-order valence-electron chi connectivity index (χ2n) is 6.72. The van der Waals surface area contributed by atoms with Gasteiger partial charge in [0.15, 0.2) is 6.20 Å². The number of nitrogens with zero attached hydrogens (tertiary/aromatic N) is 1. The lowest BCUT2D eigenvalue weighted by molar-refractivity contribution is -0.659. The second kappa shape index (κ2) is 4.38. The summed E-state index contributed by atoms with van der Waals surface area (Å²) in [5.41, 5.74) is 6.76. The van der Waals surface area contributed by atoms with Gasteiger partial charge in [0.25, 0.3) is 0 Å². The predicted octanol–water partition coefficient (Wildman–Crippen LogP) is 5.11. The van der Waals surface area contributed by atoms with Crippen molar-refractivity contribution in [2.75, 3.05) is 0 Å². The van der Waals surface area contributed by atoms with E-state index in [-0.39, 0.29) is 0 Å². The van der Waals surface area contributed by atoms with Gasteiger partial charge >= 0.3 is 0 Å². The highest BCUT2D eigenvalue weighted by Crippen LogP contribution is 2.50. The molecule has 0 aliphatic carbocycles. The van der Waals surface area contributed by atoms with Crippen molar-refractivity contribution >= 4 is 21.7 Å². The number of rotatable bonds is 0. The molecule has 4 aromatic rings. The van der Waals surface area contributed by atoms with E-state index in [4.69, 9.17) is 9.15 Å². The molecule has 0 saturated heterocycles. The summed E-state index contributed by atoms with van der Waals surface area (Å²) in [6.07, 6.45) is 3.89. The van der Waals surface area contributed by atoms with Crippen LogP contribution in [0.15, 0.2) is 41.1 Å². The van der Waals surface area contributed by atoms with Crippen molar-refractivity contribution in [3.05, 3.63) is 53.4 Å². The van der Waals surface area contributed by atoms with E-state index in [1.54, 1.807) is 6.26 Å². The van der Waals surface area contributed by atoms with Gasteiger partial charge in [0.05, 0.1) is 17.2 Å². The van der Waals surface area contributed by atoms with E-state index in [1.165, 1.54) is 33.2 Å². The van der Waals surface area contributed by atoms with Crippen LogP contribution in [0.5, 0.6) is 11.5 Å². The number of hydrogen-bond acceptors (Lipinski definition) is 2. The Kier molecular flexibility index (Phi) is 2.49. The third-order valence-corrected chi connectivity index (χ3v) is 5.15. The number of hydrogen-bond donors (Lipinski definition) is 0. The van der Waals surface area contributed by atoms with Crippen LogP contribution >= 0.6 is 0 Å². The highest BCUT2D eigenvalue weighted by Gasteiger charge is 2.32. The third kappa shape index (κ3) is 1.54. The van der Waals surface area contributed by atoms with Crippen molar-refractivity contribution in [1.82, 2.24) is 0 Å². The summed E-state index contributed by atoms with van der Waals surface area (Å²) in [6, 6.07) is 8.54. The largest absolute Gasteiger partial charge is 0.464 e. The van der Waals surface area contributed by atoms with E-state index in [0.29, 0.717) is 0 Å². The van der Waals surface area contributed by atoms with Gasteiger partial charge in [0.2, 0.25) is 5.69 Å². The molecule has 2 aromatic heterocycles. The van der Waals surface area contributed by atoms with Crippen LogP contribution in [0.1, 0.15) is 16.7 Å². The molecule has 0 spiro atoms. The fourth-order valence-electron chi connectivity index (χ4n) is 4.00. The molecule has 0 amide bonds. The fraction of sp³-hybridized carbons (Fsp3) is 0.190. The summed E-state index contributed by atoms with van der Waals surface area (Å²) in [5, 5.41) is 3.55. The Morgan fingerprint density at radius 1 is 1.00 bits per heavy atom. The van der Waals surface area contributed by atoms with Crippen molar-refractivity contribution in [2.24, 2.45) is 7.05 Å². The zero-order chi connectivity index (χ0) is 16.6. The number of pyridine rings is 1. The van der Waals surface area contributed by atoms with Crippen molar-refractivity contribution in [2.45, 2.75) is 20.8 Å². The molecule has 0 fully saturated rings. The molecular formula is C21H18NO2+. The zero-order valence-corrected chi connectivity index (χ0v) is 14.2. The van der Waals surface area contributed by atoms with Gasteiger partial charge in [0, 0.05) is 17.0 Å². The van der Waals surface area contributed by atoms with Crippen LogP contribution < -0.4 is 9.30 Å². The van der Waals surface area contributed by atoms with E-state index < -0.39 is 0 Å². The Labute approximate surface area is 140 Å². The first kappa shape index (κ1) is 13.6. The molecule has 1 aliphatic heterocycles. The molecule has 1 aliphatic rings. The van der Waals surface area contributed by atoms with Gasteiger partial charge in [-0.3, -0.25) is 0 Å². The van der Waals surface area contributed by atoms with Crippen LogP contribution in [0, 0.1) is 20.8 Å².